The number of alkyl halides is 15. The van der Waals surface area contributed by atoms with E-state index in [1.165, 1.54) is 6.92 Å². The average Bonchev–Trinajstić information content (AvgIpc) is 2.91. The molecule has 0 saturated carbocycles. The number of halogens is 15. The Morgan fingerprint density at radius 3 is 1.13 bits per heavy atom. The third-order valence-corrected chi connectivity index (χ3v) is 9.23. The maximum atomic E-state index is 13.8. The lowest BCUT2D eigenvalue weighted by Gasteiger charge is -2.44. The molecule has 0 spiro atoms. The van der Waals surface area contributed by atoms with Crippen molar-refractivity contribution >= 4 is 5.57 Å². The molecule has 4 unspecified atom stereocenters. The number of hydrogen-bond acceptors (Lipinski definition) is 6. The summed E-state index contributed by atoms with van der Waals surface area (Å²) in [7, 11) is 0. The molecule has 1 rings (SSSR count). The van der Waals surface area contributed by atoms with Crippen molar-refractivity contribution in [3.63, 3.8) is 0 Å². The summed E-state index contributed by atoms with van der Waals surface area (Å²) in [5.41, 5.74) is -23.5. The van der Waals surface area contributed by atoms with Crippen LogP contribution in [0.3, 0.4) is 0 Å². The topological polar surface area (TPSA) is 88.4 Å². The van der Waals surface area contributed by atoms with Crippen LogP contribution in [0.15, 0.2) is 18.7 Å². The Bertz CT molecular complexity index is 1470. The minimum Gasteiger partial charge on any atom is -0.379 e. The molecule has 6 nitrogen and oxygen atoms in total. The Hall–Kier alpha value is -2.33. The van der Waals surface area contributed by atoms with Crippen LogP contribution in [0.5, 0.6) is 0 Å². The van der Waals surface area contributed by atoms with Crippen LogP contribution in [0.2, 0.25) is 0 Å². The van der Waals surface area contributed by atoms with E-state index in [-0.39, 0.29) is 25.0 Å². The number of ether oxygens (including phenoxy) is 3. The van der Waals surface area contributed by atoms with Crippen molar-refractivity contribution < 1.29 is 95.4 Å². The van der Waals surface area contributed by atoms with Crippen LogP contribution in [0.4, 0.5) is 65.9 Å². The molecule has 316 valence electrons. The molecule has 0 aromatic heterocycles. The van der Waals surface area contributed by atoms with Crippen LogP contribution in [-0.4, -0.2) is 81.3 Å². The van der Waals surface area contributed by atoms with Crippen LogP contribution in [0, 0.1) is 0 Å². The van der Waals surface area contributed by atoms with E-state index in [1.807, 2.05) is 0 Å². The molecule has 0 heterocycles. The maximum Gasteiger partial charge on any atom is 0.428 e. The van der Waals surface area contributed by atoms with Gasteiger partial charge in [-0.05, 0) is 111 Å². The SMILES string of the molecule is C=C(C)c1cc(C(C)(C)OC(C)C(O)(C(F)(F)F)C(F)(F)F)cc(C(C)(C)OC(C)C(O)(C(F)(F)F)C(F)(F)F)c1C(C)(C)OC(C)C(C)(O)C(F)(F)F. The third-order valence-electron chi connectivity index (χ3n) is 9.23. The molecule has 1 aromatic carbocycles. The van der Waals surface area contributed by atoms with Gasteiger partial charge in [0.25, 0.3) is 11.2 Å². The summed E-state index contributed by atoms with van der Waals surface area (Å²) in [5.74, 6) is 0. The first-order valence-electron chi connectivity index (χ1n) is 15.7. The summed E-state index contributed by atoms with van der Waals surface area (Å²) in [6, 6.07) is 1.80. The van der Waals surface area contributed by atoms with Gasteiger partial charge in [0.2, 0.25) is 0 Å². The van der Waals surface area contributed by atoms with Crippen molar-refractivity contribution in [1.29, 1.82) is 0 Å². The molecule has 0 radical (unpaired) electrons. The van der Waals surface area contributed by atoms with Gasteiger partial charge < -0.3 is 29.5 Å². The zero-order valence-electron chi connectivity index (χ0n) is 30.8. The fraction of sp³-hybridized carbons (Fsp3) is 0.758. The smallest absolute Gasteiger partial charge is 0.379 e. The monoisotopic (exact) mass is 820 g/mol. The van der Waals surface area contributed by atoms with E-state index in [0.29, 0.717) is 6.92 Å². The maximum absolute atomic E-state index is 13.8. The van der Waals surface area contributed by atoms with Crippen molar-refractivity contribution in [1.82, 2.24) is 0 Å². The second-order valence-electron chi connectivity index (χ2n) is 14.7. The summed E-state index contributed by atoms with van der Waals surface area (Å²) < 4.78 is 222. The molecule has 1 aromatic rings. The van der Waals surface area contributed by atoms with E-state index in [0.717, 1.165) is 60.6 Å². The first kappa shape index (κ1) is 49.7. The van der Waals surface area contributed by atoms with Crippen LogP contribution < -0.4 is 0 Å². The predicted octanol–water partition coefficient (Wildman–Crippen LogP) is 9.66. The lowest BCUT2D eigenvalue weighted by molar-refractivity contribution is -0.399. The number of rotatable bonds is 13. The minimum atomic E-state index is -6.42. The molecule has 4 atom stereocenters. The highest BCUT2D eigenvalue weighted by atomic mass is 19.4. The quantitative estimate of drug-likeness (QED) is 0.172. The lowest BCUT2D eigenvalue weighted by atomic mass is 9.77. The van der Waals surface area contributed by atoms with Crippen molar-refractivity contribution in [2.45, 2.75) is 159 Å². The Kier molecular flexibility index (Phi) is 13.4. The van der Waals surface area contributed by atoms with Crippen LogP contribution >= 0.6 is 0 Å². The lowest BCUT2D eigenvalue weighted by Crippen LogP contribution is -2.65. The molecule has 54 heavy (non-hydrogen) atoms. The van der Waals surface area contributed by atoms with Gasteiger partial charge in [-0.25, -0.2) is 0 Å². The van der Waals surface area contributed by atoms with Gasteiger partial charge in [0, 0.05) is 0 Å². The fourth-order valence-corrected chi connectivity index (χ4v) is 5.73. The molecule has 0 aliphatic carbocycles. The summed E-state index contributed by atoms with van der Waals surface area (Å²) in [4.78, 5) is 0. The van der Waals surface area contributed by atoms with Gasteiger partial charge >= 0.3 is 30.9 Å². The first-order chi connectivity index (χ1) is 23.3. The van der Waals surface area contributed by atoms with Gasteiger partial charge in [-0.15, -0.1) is 0 Å². The van der Waals surface area contributed by atoms with E-state index in [4.69, 9.17) is 14.2 Å². The third kappa shape index (κ3) is 9.11. The predicted molar refractivity (Wildman–Crippen MR) is 163 cm³/mol. The van der Waals surface area contributed by atoms with E-state index >= 15 is 0 Å². The molecule has 3 N–H and O–H groups in total. The summed E-state index contributed by atoms with van der Waals surface area (Å²) in [5, 5.41) is 30.2. The van der Waals surface area contributed by atoms with Gasteiger partial charge in [-0.2, -0.15) is 65.9 Å². The molecule has 0 fully saturated rings. The van der Waals surface area contributed by atoms with Crippen LogP contribution in [0.25, 0.3) is 5.57 Å². The van der Waals surface area contributed by atoms with Crippen molar-refractivity contribution in [2.75, 3.05) is 0 Å². The minimum absolute atomic E-state index is 0.100. The van der Waals surface area contributed by atoms with Gasteiger partial charge in [-0.3, -0.25) is 0 Å². The molecule has 0 aliphatic heterocycles. The molecular weight excluding hydrogens is 777 g/mol. The van der Waals surface area contributed by atoms with Crippen molar-refractivity contribution in [3.05, 3.63) is 41.0 Å². The Balaban J connectivity index is 4.37. The highest BCUT2D eigenvalue weighted by Gasteiger charge is 2.75. The van der Waals surface area contributed by atoms with E-state index in [1.54, 1.807) is 0 Å². The van der Waals surface area contributed by atoms with Crippen LogP contribution in [0.1, 0.15) is 98.4 Å². The zero-order valence-corrected chi connectivity index (χ0v) is 30.8. The number of benzene rings is 1. The van der Waals surface area contributed by atoms with Crippen molar-refractivity contribution in [2.24, 2.45) is 0 Å². The molecular formula is C33H43F15O6. The average molecular weight is 821 g/mol. The molecule has 0 bridgehead atoms. The largest absolute Gasteiger partial charge is 0.428 e. The van der Waals surface area contributed by atoms with E-state index < -0.39 is 99.5 Å². The second kappa shape index (κ2) is 14.6. The number of hydrogen-bond donors (Lipinski definition) is 3. The standard InChI is InChI=1S/C33H43F15O6/c1-15(2)20-13-19(23(6,7)53-17(4)27(50,30(37,38)39)31(40,41)42)14-21(22(20)25(10,11)52-16(3)26(12,49)29(34,35)36)24(8,9)54-18(5)28(51,32(43,44)45)33(46,47)48/h13-14,16-18,49-51H,1H2,2-12H3. The van der Waals surface area contributed by atoms with Crippen molar-refractivity contribution in [3.8, 4) is 0 Å². The Morgan fingerprint density at radius 1 is 0.519 bits per heavy atom. The highest BCUT2D eigenvalue weighted by Crippen LogP contribution is 2.51. The van der Waals surface area contributed by atoms with Gasteiger partial charge in [-0.1, -0.05) is 12.2 Å². The molecule has 21 heteroatoms. The zero-order chi connectivity index (χ0) is 43.7. The molecule has 0 saturated heterocycles. The normalized spacial score (nSPS) is 17.9. The van der Waals surface area contributed by atoms with Gasteiger partial charge in [0.1, 0.15) is 12.2 Å². The van der Waals surface area contributed by atoms with E-state index in [2.05, 4.69) is 6.58 Å². The second-order valence-corrected chi connectivity index (χ2v) is 14.7. The molecule has 0 aliphatic rings. The Labute approximate surface area is 301 Å². The summed E-state index contributed by atoms with van der Waals surface area (Å²) >= 11 is 0. The summed E-state index contributed by atoms with van der Waals surface area (Å²) in [6.07, 6.45) is -39.5. The van der Waals surface area contributed by atoms with E-state index in [9.17, 15) is 81.2 Å². The number of aliphatic hydroxyl groups is 3. The van der Waals surface area contributed by atoms with Crippen LogP contribution in [-0.2, 0) is 31.0 Å². The summed E-state index contributed by atoms with van der Waals surface area (Å²) in [6.45, 7) is 12.1. The Morgan fingerprint density at radius 2 is 0.833 bits per heavy atom. The fourth-order valence-electron chi connectivity index (χ4n) is 5.73. The van der Waals surface area contributed by atoms with Gasteiger partial charge in [0.15, 0.2) is 5.60 Å². The number of allylic oxidation sites excluding steroid dienone is 1. The van der Waals surface area contributed by atoms with Gasteiger partial charge in [0.05, 0.1) is 22.9 Å². The first-order valence-corrected chi connectivity index (χ1v) is 15.7. The molecule has 0 amide bonds. The highest BCUT2D eigenvalue weighted by molar-refractivity contribution is 5.69.